The Morgan fingerprint density at radius 3 is 2.58 bits per heavy atom. The number of pyridine rings is 1. The van der Waals surface area contributed by atoms with Crippen molar-refractivity contribution in [3.63, 3.8) is 0 Å². The standard InChI is InChI=1S/C14H22N2O3/c1-4-16(6-5-7-17)13-9-11(14(18)19)8-12(15-13)10(2)3/h8-10,17H,4-7H2,1-3H3,(H,18,19). The maximum Gasteiger partial charge on any atom is 0.335 e. The summed E-state index contributed by atoms with van der Waals surface area (Å²) in [4.78, 5) is 17.7. The second kappa shape index (κ2) is 7.09. The number of carboxylic acid groups (broad SMARTS) is 1. The molecule has 19 heavy (non-hydrogen) atoms. The molecule has 1 rings (SSSR count). The lowest BCUT2D eigenvalue weighted by atomic mass is 10.1. The van der Waals surface area contributed by atoms with E-state index < -0.39 is 5.97 Å². The second-order valence-corrected chi connectivity index (χ2v) is 4.76. The Bertz CT molecular complexity index is 433. The topological polar surface area (TPSA) is 73.7 Å². The molecule has 0 aliphatic carbocycles. The molecule has 0 aliphatic heterocycles. The van der Waals surface area contributed by atoms with Gasteiger partial charge in [-0.1, -0.05) is 13.8 Å². The highest BCUT2D eigenvalue weighted by Crippen LogP contribution is 2.20. The van der Waals surface area contributed by atoms with Crippen molar-refractivity contribution in [2.45, 2.75) is 33.1 Å². The first-order valence-corrected chi connectivity index (χ1v) is 6.60. The molecular weight excluding hydrogens is 244 g/mol. The van der Waals surface area contributed by atoms with E-state index in [1.165, 1.54) is 0 Å². The summed E-state index contributed by atoms with van der Waals surface area (Å²) in [7, 11) is 0. The van der Waals surface area contributed by atoms with Crippen LogP contribution >= 0.6 is 0 Å². The summed E-state index contributed by atoms with van der Waals surface area (Å²) in [6.45, 7) is 7.48. The summed E-state index contributed by atoms with van der Waals surface area (Å²) in [5.41, 5.74) is 1.04. The van der Waals surface area contributed by atoms with Gasteiger partial charge in [0.05, 0.1) is 5.56 Å². The molecule has 0 saturated heterocycles. The molecule has 0 radical (unpaired) electrons. The molecule has 0 saturated carbocycles. The van der Waals surface area contributed by atoms with Gasteiger partial charge in [0, 0.05) is 25.4 Å². The lowest BCUT2D eigenvalue weighted by Gasteiger charge is -2.23. The molecule has 0 aromatic carbocycles. The molecule has 0 bridgehead atoms. The lowest BCUT2D eigenvalue weighted by molar-refractivity contribution is 0.0696. The summed E-state index contributed by atoms with van der Waals surface area (Å²) in [5, 5.41) is 18.1. The number of aromatic carboxylic acids is 1. The highest BCUT2D eigenvalue weighted by molar-refractivity contribution is 5.88. The third-order valence-electron chi connectivity index (χ3n) is 2.96. The Hall–Kier alpha value is -1.62. The quantitative estimate of drug-likeness (QED) is 0.790. The zero-order chi connectivity index (χ0) is 14.4. The number of anilines is 1. The van der Waals surface area contributed by atoms with Gasteiger partial charge in [-0.2, -0.15) is 0 Å². The van der Waals surface area contributed by atoms with E-state index >= 15 is 0 Å². The zero-order valence-electron chi connectivity index (χ0n) is 11.8. The molecule has 1 aromatic heterocycles. The maximum absolute atomic E-state index is 11.2. The van der Waals surface area contributed by atoms with Crippen LogP contribution in [0.15, 0.2) is 12.1 Å². The van der Waals surface area contributed by atoms with Gasteiger partial charge in [0.1, 0.15) is 5.82 Å². The molecule has 1 heterocycles. The van der Waals surface area contributed by atoms with Gasteiger partial charge in [-0.05, 0) is 31.4 Å². The lowest BCUT2D eigenvalue weighted by Crippen LogP contribution is -2.26. The van der Waals surface area contributed by atoms with Gasteiger partial charge >= 0.3 is 5.97 Å². The van der Waals surface area contributed by atoms with Crippen LogP contribution < -0.4 is 4.90 Å². The van der Waals surface area contributed by atoms with E-state index in [0.29, 0.717) is 18.8 Å². The van der Waals surface area contributed by atoms with Crippen LogP contribution in [0.5, 0.6) is 0 Å². The average Bonchev–Trinajstić information content (AvgIpc) is 2.39. The predicted molar refractivity (Wildman–Crippen MR) is 74.9 cm³/mol. The average molecular weight is 266 g/mol. The van der Waals surface area contributed by atoms with E-state index in [2.05, 4.69) is 4.98 Å². The molecule has 5 nitrogen and oxygen atoms in total. The first kappa shape index (κ1) is 15.4. The molecule has 0 spiro atoms. The van der Waals surface area contributed by atoms with Crippen LogP contribution in [0.3, 0.4) is 0 Å². The molecular formula is C14H22N2O3. The first-order valence-electron chi connectivity index (χ1n) is 6.60. The van der Waals surface area contributed by atoms with E-state index in [9.17, 15) is 4.79 Å². The summed E-state index contributed by atoms with van der Waals surface area (Å²) in [6.07, 6.45) is 0.643. The van der Waals surface area contributed by atoms with Crippen molar-refractivity contribution in [1.82, 2.24) is 4.98 Å². The van der Waals surface area contributed by atoms with Crippen molar-refractivity contribution in [1.29, 1.82) is 0 Å². The second-order valence-electron chi connectivity index (χ2n) is 4.76. The number of aromatic nitrogens is 1. The number of rotatable bonds is 7. The largest absolute Gasteiger partial charge is 0.478 e. The number of hydrogen-bond donors (Lipinski definition) is 2. The van der Waals surface area contributed by atoms with Crippen LogP contribution in [-0.2, 0) is 0 Å². The molecule has 5 heteroatoms. The van der Waals surface area contributed by atoms with Gasteiger partial charge in [0.15, 0.2) is 0 Å². The number of aliphatic hydroxyl groups is 1. The Kier molecular flexibility index (Phi) is 5.76. The monoisotopic (exact) mass is 266 g/mol. The number of aliphatic hydroxyl groups excluding tert-OH is 1. The molecule has 1 aromatic rings. The highest BCUT2D eigenvalue weighted by Gasteiger charge is 2.14. The van der Waals surface area contributed by atoms with Crippen molar-refractivity contribution in [2.75, 3.05) is 24.6 Å². The van der Waals surface area contributed by atoms with Crippen LogP contribution in [0.25, 0.3) is 0 Å². The summed E-state index contributed by atoms with van der Waals surface area (Å²) >= 11 is 0. The number of carboxylic acids is 1. The van der Waals surface area contributed by atoms with Crippen molar-refractivity contribution >= 4 is 11.8 Å². The summed E-state index contributed by atoms with van der Waals surface area (Å²) in [6, 6.07) is 3.21. The summed E-state index contributed by atoms with van der Waals surface area (Å²) < 4.78 is 0. The van der Waals surface area contributed by atoms with Gasteiger partial charge in [-0.3, -0.25) is 0 Å². The normalized spacial score (nSPS) is 10.8. The Labute approximate surface area is 113 Å². The fraction of sp³-hybridized carbons (Fsp3) is 0.571. The Morgan fingerprint density at radius 2 is 2.11 bits per heavy atom. The van der Waals surface area contributed by atoms with Gasteiger partial charge < -0.3 is 15.1 Å². The van der Waals surface area contributed by atoms with Crippen molar-refractivity contribution in [3.8, 4) is 0 Å². The van der Waals surface area contributed by atoms with Crippen LogP contribution in [-0.4, -0.2) is 40.9 Å². The third-order valence-corrected chi connectivity index (χ3v) is 2.96. The molecule has 106 valence electrons. The van der Waals surface area contributed by atoms with Crippen LogP contribution in [0.1, 0.15) is 49.2 Å². The fourth-order valence-corrected chi connectivity index (χ4v) is 1.81. The Morgan fingerprint density at radius 1 is 1.42 bits per heavy atom. The van der Waals surface area contributed by atoms with Crippen molar-refractivity contribution < 1.29 is 15.0 Å². The van der Waals surface area contributed by atoms with Crippen LogP contribution in [0, 0.1) is 0 Å². The molecule has 0 aliphatic rings. The maximum atomic E-state index is 11.2. The van der Waals surface area contributed by atoms with Gasteiger partial charge in [-0.25, -0.2) is 9.78 Å². The van der Waals surface area contributed by atoms with Crippen LogP contribution in [0.4, 0.5) is 5.82 Å². The van der Waals surface area contributed by atoms with E-state index in [4.69, 9.17) is 10.2 Å². The predicted octanol–water partition coefficient (Wildman–Crippen LogP) is 2.11. The SMILES string of the molecule is CCN(CCCO)c1cc(C(=O)O)cc(C(C)C)n1. The minimum atomic E-state index is -0.941. The van der Waals surface area contributed by atoms with E-state index in [1.807, 2.05) is 25.7 Å². The van der Waals surface area contributed by atoms with Gasteiger partial charge in [0.2, 0.25) is 0 Å². The smallest absolute Gasteiger partial charge is 0.335 e. The number of nitrogens with zero attached hydrogens (tertiary/aromatic N) is 2. The first-order chi connectivity index (χ1) is 8.99. The molecule has 2 N–H and O–H groups in total. The third kappa shape index (κ3) is 4.21. The van der Waals surface area contributed by atoms with E-state index in [0.717, 1.165) is 12.2 Å². The molecule has 0 atom stereocenters. The van der Waals surface area contributed by atoms with Crippen molar-refractivity contribution in [3.05, 3.63) is 23.4 Å². The van der Waals surface area contributed by atoms with Gasteiger partial charge in [-0.15, -0.1) is 0 Å². The summed E-state index contributed by atoms with van der Waals surface area (Å²) in [5.74, 6) is -0.0992. The van der Waals surface area contributed by atoms with Crippen molar-refractivity contribution in [2.24, 2.45) is 0 Å². The molecule has 0 unspecified atom stereocenters. The Balaban J connectivity index is 3.13. The highest BCUT2D eigenvalue weighted by atomic mass is 16.4. The minimum absolute atomic E-state index is 0.117. The molecule has 0 amide bonds. The minimum Gasteiger partial charge on any atom is -0.478 e. The van der Waals surface area contributed by atoms with E-state index in [-0.39, 0.29) is 18.1 Å². The number of carbonyl (C=O) groups is 1. The fourth-order valence-electron chi connectivity index (χ4n) is 1.81. The molecule has 0 fully saturated rings. The van der Waals surface area contributed by atoms with E-state index in [1.54, 1.807) is 12.1 Å². The number of hydrogen-bond acceptors (Lipinski definition) is 4. The zero-order valence-corrected chi connectivity index (χ0v) is 11.8. The van der Waals surface area contributed by atoms with Gasteiger partial charge in [0.25, 0.3) is 0 Å². The van der Waals surface area contributed by atoms with Crippen LogP contribution in [0.2, 0.25) is 0 Å².